The highest BCUT2D eigenvalue weighted by molar-refractivity contribution is 6.31. The third kappa shape index (κ3) is 2.83. The van der Waals surface area contributed by atoms with Gasteiger partial charge in [-0.2, -0.15) is 0 Å². The van der Waals surface area contributed by atoms with Gasteiger partial charge in [0.1, 0.15) is 5.82 Å². The predicted molar refractivity (Wildman–Crippen MR) is 85.2 cm³/mol. The van der Waals surface area contributed by atoms with E-state index in [2.05, 4.69) is 10.3 Å². The molecule has 0 bridgehead atoms. The molecule has 3 aromatic rings. The molecule has 0 spiro atoms. The third-order valence-electron chi connectivity index (χ3n) is 3.45. The molecule has 3 rings (SSSR count). The Labute approximate surface area is 127 Å². The van der Waals surface area contributed by atoms with Crippen LogP contribution in [-0.2, 0) is 0 Å². The Morgan fingerprint density at radius 2 is 1.95 bits per heavy atom. The largest absolute Gasteiger partial charge is 0.378 e. The van der Waals surface area contributed by atoms with Crippen molar-refractivity contribution in [1.29, 1.82) is 0 Å². The van der Waals surface area contributed by atoms with Crippen molar-refractivity contribution in [3.05, 3.63) is 71.1 Å². The summed E-state index contributed by atoms with van der Waals surface area (Å²) in [6.07, 6.45) is 1.72. The maximum atomic E-state index is 13.8. The molecule has 0 saturated carbocycles. The first-order valence-corrected chi connectivity index (χ1v) is 7.08. The first kappa shape index (κ1) is 13.8. The van der Waals surface area contributed by atoms with Crippen LogP contribution < -0.4 is 5.32 Å². The van der Waals surface area contributed by atoms with Crippen molar-refractivity contribution >= 4 is 28.2 Å². The van der Waals surface area contributed by atoms with Crippen LogP contribution >= 0.6 is 11.6 Å². The molecule has 1 unspecified atom stereocenters. The van der Waals surface area contributed by atoms with Crippen LogP contribution in [0, 0.1) is 5.82 Å². The summed E-state index contributed by atoms with van der Waals surface area (Å²) < 4.78 is 13.8. The summed E-state index contributed by atoms with van der Waals surface area (Å²) in [4.78, 5) is 4.30. The minimum absolute atomic E-state index is 0.146. The fourth-order valence-electron chi connectivity index (χ4n) is 2.38. The summed E-state index contributed by atoms with van der Waals surface area (Å²) in [6, 6.07) is 14.1. The number of rotatable bonds is 3. The third-order valence-corrected chi connectivity index (χ3v) is 3.68. The maximum Gasteiger partial charge on any atom is 0.128 e. The Kier molecular flexibility index (Phi) is 3.76. The lowest BCUT2D eigenvalue weighted by Gasteiger charge is -2.17. The second-order valence-corrected chi connectivity index (χ2v) is 5.34. The van der Waals surface area contributed by atoms with Gasteiger partial charge in [0.25, 0.3) is 0 Å². The number of pyridine rings is 1. The van der Waals surface area contributed by atoms with E-state index >= 15 is 0 Å². The highest BCUT2D eigenvalue weighted by Crippen LogP contribution is 2.28. The molecule has 1 heterocycles. The van der Waals surface area contributed by atoms with Gasteiger partial charge in [0.15, 0.2) is 0 Å². The maximum absolute atomic E-state index is 13.8. The number of hydrogen-bond acceptors (Lipinski definition) is 2. The number of anilines is 1. The highest BCUT2D eigenvalue weighted by atomic mass is 35.5. The van der Waals surface area contributed by atoms with Crippen molar-refractivity contribution in [3.8, 4) is 0 Å². The molecule has 2 aromatic carbocycles. The zero-order valence-corrected chi connectivity index (χ0v) is 12.2. The minimum atomic E-state index is -0.209. The lowest BCUT2D eigenvalue weighted by atomic mass is 10.1. The van der Waals surface area contributed by atoms with E-state index in [1.54, 1.807) is 18.3 Å². The zero-order chi connectivity index (χ0) is 14.8. The van der Waals surface area contributed by atoms with Gasteiger partial charge in [-0.25, -0.2) is 4.39 Å². The standard InChI is InChI=1S/C17H14ClFN2/c1-11(13-4-2-3-5-15(13)19)21-16-8-9-20-17-10-12(18)6-7-14(16)17/h2-11H,1H3,(H,20,21). The van der Waals surface area contributed by atoms with Crippen LogP contribution in [-0.4, -0.2) is 4.98 Å². The first-order chi connectivity index (χ1) is 10.1. The van der Waals surface area contributed by atoms with Crippen LogP contribution in [0.5, 0.6) is 0 Å². The van der Waals surface area contributed by atoms with E-state index < -0.39 is 0 Å². The van der Waals surface area contributed by atoms with Gasteiger partial charge >= 0.3 is 0 Å². The van der Waals surface area contributed by atoms with E-state index in [9.17, 15) is 4.39 Å². The number of benzene rings is 2. The van der Waals surface area contributed by atoms with Crippen molar-refractivity contribution in [2.75, 3.05) is 5.32 Å². The summed E-state index contributed by atoms with van der Waals surface area (Å²) in [5.74, 6) is -0.209. The summed E-state index contributed by atoms with van der Waals surface area (Å²) in [5, 5.41) is 4.95. The van der Waals surface area contributed by atoms with E-state index in [1.807, 2.05) is 37.3 Å². The van der Waals surface area contributed by atoms with E-state index in [4.69, 9.17) is 11.6 Å². The number of halogens is 2. The van der Waals surface area contributed by atoms with E-state index in [0.717, 1.165) is 16.6 Å². The summed E-state index contributed by atoms with van der Waals surface area (Å²) in [6.45, 7) is 1.93. The SMILES string of the molecule is CC(Nc1ccnc2cc(Cl)ccc12)c1ccccc1F. The molecule has 4 heteroatoms. The van der Waals surface area contributed by atoms with Gasteiger partial charge in [0.05, 0.1) is 11.6 Å². The molecule has 0 saturated heterocycles. The van der Waals surface area contributed by atoms with Crippen LogP contribution in [0.1, 0.15) is 18.5 Å². The fraction of sp³-hybridized carbons (Fsp3) is 0.118. The minimum Gasteiger partial charge on any atom is -0.378 e. The fourth-order valence-corrected chi connectivity index (χ4v) is 2.55. The Bertz CT molecular complexity index is 789. The number of fused-ring (bicyclic) bond motifs is 1. The Hall–Kier alpha value is -2.13. The van der Waals surface area contributed by atoms with Crippen molar-refractivity contribution < 1.29 is 4.39 Å². The molecule has 1 atom stereocenters. The van der Waals surface area contributed by atoms with Crippen molar-refractivity contribution in [2.45, 2.75) is 13.0 Å². The normalized spacial score (nSPS) is 12.3. The molecular formula is C17H14ClFN2. The van der Waals surface area contributed by atoms with Gasteiger partial charge in [-0.05, 0) is 37.3 Å². The molecule has 0 radical (unpaired) electrons. The quantitative estimate of drug-likeness (QED) is 0.719. The molecule has 106 valence electrons. The van der Waals surface area contributed by atoms with E-state index in [0.29, 0.717) is 10.6 Å². The lowest BCUT2D eigenvalue weighted by molar-refractivity contribution is 0.600. The van der Waals surface area contributed by atoms with Gasteiger partial charge in [-0.1, -0.05) is 29.8 Å². The molecule has 1 aromatic heterocycles. The highest BCUT2D eigenvalue weighted by Gasteiger charge is 2.11. The van der Waals surface area contributed by atoms with Crippen molar-refractivity contribution in [1.82, 2.24) is 4.98 Å². The number of nitrogens with one attached hydrogen (secondary N) is 1. The number of nitrogens with zero attached hydrogens (tertiary/aromatic N) is 1. The lowest BCUT2D eigenvalue weighted by Crippen LogP contribution is -2.09. The molecule has 1 N–H and O–H groups in total. The average Bonchev–Trinajstić information content (AvgIpc) is 2.47. The van der Waals surface area contributed by atoms with E-state index in [1.165, 1.54) is 6.07 Å². The average molecular weight is 301 g/mol. The molecule has 0 aliphatic rings. The molecule has 21 heavy (non-hydrogen) atoms. The monoisotopic (exact) mass is 300 g/mol. The molecule has 0 fully saturated rings. The second-order valence-electron chi connectivity index (χ2n) is 4.91. The van der Waals surface area contributed by atoms with Crippen LogP contribution in [0.4, 0.5) is 10.1 Å². The second kappa shape index (κ2) is 5.70. The summed E-state index contributed by atoms with van der Waals surface area (Å²) >= 11 is 5.98. The van der Waals surface area contributed by atoms with Crippen molar-refractivity contribution in [2.24, 2.45) is 0 Å². The van der Waals surface area contributed by atoms with Gasteiger partial charge in [0.2, 0.25) is 0 Å². The molecule has 0 aliphatic carbocycles. The predicted octanol–water partition coefficient (Wildman–Crippen LogP) is 5.20. The van der Waals surface area contributed by atoms with Crippen molar-refractivity contribution in [3.63, 3.8) is 0 Å². The Balaban J connectivity index is 1.97. The van der Waals surface area contributed by atoms with Gasteiger partial charge in [-0.3, -0.25) is 4.98 Å². The smallest absolute Gasteiger partial charge is 0.128 e. The van der Waals surface area contributed by atoms with Crippen LogP contribution in [0.2, 0.25) is 5.02 Å². The summed E-state index contributed by atoms with van der Waals surface area (Å²) in [5.41, 5.74) is 2.36. The summed E-state index contributed by atoms with van der Waals surface area (Å²) in [7, 11) is 0. The molecule has 0 aliphatic heterocycles. The van der Waals surface area contributed by atoms with Gasteiger partial charge in [0, 0.05) is 27.9 Å². The zero-order valence-electron chi connectivity index (χ0n) is 11.5. The first-order valence-electron chi connectivity index (χ1n) is 6.70. The van der Waals surface area contributed by atoms with Gasteiger partial charge in [-0.15, -0.1) is 0 Å². The van der Waals surface area contributed by atoms with Gasteiger partial charge < -0.3 is 5.32 Å². The van der Waals surface area contributed by atoms with Crippen LogP contribution in [0.3, 0.4) is 0 Å². The molecular weight excluding hydrogens is 287 g/mol. The van der Waals surface area contributed by atoms with E-state index in [-0.39, 0.29) is 11.9 Å². The topological polar surface area (TPSA) is 24.9 Å². The van der Waals surface area contributed by atoms with Crippen LogP contribution in [0.15, 0.2) is 54.7 Å². The number of hydrogen-bond donors (Lipinski definition) is 1. The number of aromatic nitrogens is 1. The van der Waals surface area contributed by atoms with Crippen LogP contribution in [0.25, 0.3) is 10.9 Å². The Morgan fingerprint density at radius 1 is 1.14 bits per heavy atom. The Morgan fingerprint density at radius 3 is 2.76 bits per heavy atom. The molecule has 2 nitrogen and oxygen atoms in total. The molecule has 0 amide bonds.